The van der Waals surface area contributed by atoms with Crippen LogP contribution in [0.15, 0.2) is 72.8 Å². The van der Waals surface area contributed by atoms with Crippen LogP contribution in [0.5, 0.6) is 0 Å². The maximum Gasteiger partial charge on any atom is 0.321 e. The zero-order valence-electron chi connectivity index (χ0n) is 18.4. The highest BCUT2D eigenvalue weighted by molar-refractivity contribution is 14.1. The lowest BCUT2D eigenvalue weighted by Gasteiger charge is -2.38. The number of benzene rings is 3. The summed E-state index contributed by atoms with van der Waals surface area (Å²) >= 11 is 1.17. The van der Waals surface area contributed by atoms with E-state index in [1.807, 2.05) is 36.4 Å². The van der Waals surface area contributed by atoms with Gasteiger partial charge >= 0.3 is 3.93 Å². The van der Waals surface area contributed by atoms with E-state index in [-0.39, 0.29) is 24.2 Å². The molecule has 0 radical (unpaired) electrons. The molecule has 0 atom stereocenters. The van der Waals surface area contributed by atoms with E-state index in [9.17, 15) is 13.9 Å². The van der Waals surface area contributed by atoms with E-state index < -0.39 is 3.93 Å². The van der Waals surface area contributed by atoms with E-state index >= 15 is 0 Å². The first kappa shape index (κ1) is 24.3. The second-order valence-electron chi connectivity index (χ2n) is 8.66. The molecule has 3 nitrogen and oxygen atoms in total. The monoisotopic (exact) mass is 563 g/mol. The lowest BCUT2D eigenvalue weighted by atomic mass is 9.74. The van der Waals surface area contributed by atoms with E-state index in [2.05, 4.69) is 29.6 Å². The SMILES string of the molecule is OCc1cccc(-c2cc(COCC3(c4ccccc4)CCNCC3)cc(C(F)(F)I)c2)c1. The number of alkyl halides is 3. The first-order chi connectivity index (χ1) is 15.9. The van der Waals surface area contributed by atoms with Crippen LogP contribution in [-0.4, -0.2) is 24.8 Å². The number of rotatable bonds is 8. The molecule has 174 valence electrons. The van der Waals surface area contributed by atoms with E-state index in [0.29, 0.717) is 17.7 Å². The fourth-order valence-electron chi connectivity index (χ4n) is 4.53. The average Bonchev–Trinajstić information content (AvgIpc) is 2.84. The van der Waals surface area contributed by atoms with Crippen molar-refractivity contribution in [2.45, 2.75) is 35.4 Å². The van der Waals surface area contributed by atoms with Crippen LogP contribution in [0.4, 0.5) is 8.78 Å². The van der Waals surface area contributed by atoms with Crippen LogP contribution in [0.1, 0.15) is 35.1 Å². The number of halogens is 3. The number of hydrogen-bond acceptors (Lipinski definition) is 3. The smallest absolute Gasteiger partial charge is 0.321 e. The minimum atomic E-state index is -2.99. The van der Waals surface area contributed by atoms with Gasteiger partial charge in [-0.05, 0) is 78.0 Å². The molecular weight excluding hydrogens is 535 g/mol. The maximum absolute atomic E-state index is 14.3. The molecule has 33 heavy (non-hydrogen) atoms. The molecule has 1 saturated heterocycles. The molecule has 1 fully saturated rings. The van der Waals surface area contributed by atoms with Crippen molar-refractivity contribution in [3.8, 4) is 11.1 Å². The second kappa shape index (κ2) is 10.6. The standard InChI is InChI=1S/C27H28F2INO2/c28-27(29,30)25-15-21(14-23(16-25)22-6-4-5-20(13-22)17-32)18-33-19-26(9-11-31-12-10-26)24-7-2-1-3-8-24/h1-8,13-16,31-32H,9-12,17-19H2. The fraction of sp³-hybridized carbons (Fsp3) is 0.333. The van der Waals surface area contributed by atoms with Gasteiger partial charge in [-0.15, -0.1) is 0 Å². The van der Waals surface area contributed by atoms with Gasteiger partial charge in [0.05, 0.1) is 19.8 Å². The van der Waals surface area contributed by atoms with Crippen molar-refractivity contribution in [3.63, 3.8) is 0 Å². The van der Waals surface area contributed by atoms with Gasteiger partial charge in [0.15, 0.2) is 0 Å². The predicted octanol–water partition coefficient (Wildman–Crippen LogP) is 6.17. The Morgan fingerprint density at radius 3 is 2.33 bits per heavy atom. The van der Waals surface area contributed by atoms with E-state index in [0.717, 1.165) is 37.1 Å². The van der Waals surface area contributed by atoms with Crippen molar-refractivity contribution in [2.75, 3.05) is 19.7 Å². The van der Waals surface area contributed by atoms with Crippen LogP contribution >= 0.6 is 22.6 Å². The minimum Gasteiger partial charge on any atom is -0.392 e. The Balaban J connectivity index is 1.58. The lowest BCUT2D eigenvalue weighted by Crippen LogP contribution is -2.43. The van der Waals surface area contributed by atoms with Crippen molar-refractivity contribution in [1.29, 1.82) is 0 Å². The molecule has 0 saturated carbocycles. The van der Waals surface area contributed by atoms with Crippen molar-refractivity contribution < 1.29 is 18.6 Å². The van der Waals surface area contributed by atoms with Crippen LogP contribution < -0.4 is 5.32 Å². The summed E-state index contributed by atoms with van der Waals surface area (Å²) in [6, 6.07) is 22.7. The second-order valence-corrected chi connectivity index (χ2v) is 10.0. The van der Waals surface area contributed by atoms with Gasteiger partial charge in [0, 0.05) is 33.6 Å². The Morgan fingerprint density at radius 2 is 1.64 bits per heavy atom. The molecule has 0 amide bonds. The molecule has 6 heteroatoms. The Morgan fingerprint density at radius 1 is 0.909 bits per heavy atom. The highest BCUT2D eigenvalue weighted by atomic mass is 127. The number of aliphatic hydroxyl groups excluding tert-OH is 1. The molecule has 0 spiro atoms. The van der Waals surface area contributed by atoms with Crippen molar-refractivity contribution in [3.05, 3.63) is 95.1 Å². The summed E-state index contributed by atoms with van der Waals surface area (Å²) in [6.45, 7) is 2.57. The zero-order chi connectivity index (χ0) is 23.3. The third-order valence-electron chi connectivity index (χ3n) is 6.36. The van der Waals surface area contributed by atoms with E-state index in [1.54, 1.807) is 0 Å². The number of nitrogens with one attached hydrogen (secondary N) is 1. The number of hydrogen-bond donors (Lipinski definition) is 2. The normalized spacial score (nSPS) is 16.0. The third kappa shape index (κ3) is 5.98. The predicted molar refractivity (Wildman–Crippen MR) is 136 cm³/mol. The molecule has 2 N–H and O–H groups in total. The Labute approximate surface area is 207 Å². The molecule has 1 aliphatic rings. The third-order valence-corrected chi connectivity index (χ3v) is 6.98. The van der Waals surface area contributed by atoms with E-state index in [4.69, 9.17) is 4.74 Å². The Kier molecular flexibility index (Phi) is 7.79. The number of ether oxygens (including phenoxy) is 1. The Hall–Kier alpha value is -1.87. The summed E-state index contributed by atoms with van der Waals surface area (Å²) < 4.78 is 31.8. The van der Waals surface area contributed by atoms with Gasteiger partial charge in [-0.25, -0.2) is 0 Å². The van der Waals surface area contributed by atoms with Crippen molar-refractivity contribution in [2.24, 2.45) is 0 Å². The van der Waals surface area contributed by atoms with Crippen molar-refractivity contribution >= 4 is 22.6 Å². The molecule has 0 unspecified atom stereocenters. The summed E-state index contributed by atoms with van der Waals surface area (Å²) in [5.74, 6) is 0. The van der Waals surface area contributed by atoms with Crippen LogP contribution in [0.3, 0.4) is 0 Å². The quantitative estimate of drug-likeness (QED) is 0.255. The molecule has 0 aliphatic carbocycles. The van der Waals surface area contributed by atoms with E-state index in [1.165, 1.54) is 40.3 Å². The molecule has 3 aromatic carbocycles. The first-order valence-electron chi connectivity index (χ1n) is 11.1. The highest BCUT2D eigenvalue weighted by Crippen LogP contribution is 2.38. The van der Waals surface area contributed by atoms with Gasteiger partial charge in [-0.2, -0.15) is 8.78 Å². The van der Waals surface area contributed by atoms with Gasteiger partial charge < -0.3 is 15.2 Å². The summed E-state index contributed by atoms with van der Waals surface area (Å²) in [4.78, 5) is 0. The number of aliphatic hydroxyl groups is 1. The lowest BCUT2D eigenvalue weighted by molar-refractivity contribution is 0.0563. The van der Waals surface area contributed by atoms with Crippen LogP contribution in [0.25, 0.3) is 11.1 Å². The molecule has 3 aromatic rings. The van der Waals surface area contributed by atoms with Gasteiger partial charge in [-0.3, -0.25) is 0 Å². The zero-order valence-corrected chi connectivity index (χ0v) is 20.5. The fourth-order valence-corrected chi connectivity index (χ4v) is 4.84. The minimum absolute atomic E-state index is 0.0479. The van der Waals surface area contributed by atoms with Gasteiger partial charge in [0.25, 0.3) is 0 Å². The summed E-state index contributed by atoms with van der Waals surface area (Å²) in [5.41, 5.74) is 4.09. The van der Waals surface area contributed by atoms with Crippen LogP contribution in [0.2, 0.25) is 0 Å². The maximum atomic E-state index is 14.3. The molecule has 4 rings (SSSR count). The van der Waals surface area contributed by atoms with Gasteiger partial charge in [0.1, 0.15) is 0 Å². The first-order valence-corrected chi connectivity index (χ1v) is 12.2. The largest absolute Gasteiger partial charge is 0.392 e. The topological polar surface area (TPSA) is 41.5 Å². The van der Waals surface area contributed by atoms with Crippen molar-refractivity contribution in [1.82, 2.24) is 5.32 Å². The molecule has 1 heterocycles. The molecule has 0 bridgehead atoms. The average molecular weight is 563 g/mol. The van der Waals surface area contributed by atoms with Gasteiger partial charge in [-0.1, -0.05) is 48.5 Å². The summed E-state index contributed by atoms with van der Waals surface area (Å²) in [7, 11) is 0. The highest BCUT2D eigenvalue weighted by Gasteiger charge is 2.34. The van der Waals surface area contributed by atoms with Crippen LogP contribution in [-0.2, 0) is 27.3 Å². The molecule has 1 aliphatic heterocycles. The summed E-state index contributed by atoms with van der Waals surface area (Å²) in [6.07, 6.45) is 1.95. The molecule has 0 aromatic heterocycles. The summed E-state index contributed by atoms with van der Waals surface area (Å²) in [5, 5.41) is 12.9. The van der Waals surface area contributed by atoms with Gasteiger partial charge in [0.2, 0.25) is 0 Å². The molecular formula is C27H28F2INO2. The van der Waals surface area contributed by atoms with Crippen LogP contribution in [0, 0.1) is 0 Å². The number of piperidine rings is 1. The Bertz CT molecular complexity index is 1060.